The third kappa shape index (κ3) is 3.90. The van der Waals surface area contributed by atoms with Gasteiger partial charge in [-0.1, -0.05) is 6.92 Å². The predicted molar refractivity (Wildman–Crippen MR) is 36.1 cm³/mol. The fraction of sp³-hybridized carbons (Fsp3) is 0.714. The topological polar surface area (TPSA) is 50.1 Å². The highest BCUT2D eigenvalue weighted by atomic mass is 16.5. The number of nitriles is 1. The first-order valence-electron chi connectivity index (χ1n) is 3.24. The molecule has 1 atom stereocenters. The van der Waals surface area contributed by atoms with Gasteiger partial charge in [0, 0.05) is 6.92 Å². The van der Waals surface area contributed by atoms with Crippen molar-refractivity contribution < 1.29 is 9.53 Å². The van der Waals surface area contributed by atoms with Gasteiger partial charge in [-0.25, -0.2) is 0 Å². The quantitative estimate of drug-likeness (QED) is 0.555. The molecule has 0 fully saturated rings. The Morgan fingerprint density at radius 1 is 1.80 bits per heavy atom. The van der Waals surface area contributed by atoms with Crippen molar-refractivity contribution >= 4 is 5.97 Å². The lowest BCUT2D eigenvalue weighted by Gasteiger charge is -2.09. The summed E-state index contributed by atoms with van der Waals surface area (Å²) < 4.78 is 4.78. The number of nitrogens with zero attached hydrogens (tertiary/aromatic N) is 1. The molecular weight excluding hydrogens is 130 g/mol. The first-order chi connectivity index (χ1) is 4.70. The predicted octanol–water partition coefficient (Wildman–Crippen LogP) is 1.24. The van der Waals surface area contributed by atoms with Crippen LogP contribution in [0.25, 0.3) is 0 Å². The second kappa shape index (κ2) is 4.80. The molecule has 0 unspecified atom stereocenters. The smallest absolute Gasteiger partial charge is 0.302 e. The summed E-state index contributed by atoms with van der Waals surface area (Å²) in [5.41, 5.74) is 0. The molecule has 0 saturated heterocycles. The van der Waals surface area contributed by atoms with E-state index in [2.05, 4.69) is 0 Å². The SMILES string of the molecule is CC[C@@H](CC#N)OC(C)=O. The van der Waals surface area contributed by atoms with Crippen molar-refractivity contribution in [2.45, 2.75) is 32.8 Å². The first-order valence-corrected chi connectivity index (χ1v) is 3.24. The number of carbonyl (C=O) groups is 1. The number of ether oxygens (including phenoxy) is 1. The highest BCUT2D eigenvalue weighted by molar-refractivity contribution is 5.66. The third-order valence-electron chi connectivity index (χ3n) is 1.11. The number of carbonyl (C=O) groups excluding carboxylic acids is 1. The van der Waals surface area contributed by atoms with Crippen LogP contribution in [0.5, 0.6) is 0 Å². The van der Waals surface area contributed by atoms with E-state index in [4.69, 9.17) is 10.00 Å². The Morgan fingerprint density at radius 3 is 2.70 bits per heavy atom. The van der Waals surface area contributed by atoms with Gasteiger partial charge in [-0.05, 0) is 6.42 Å². The Bertz CT molecular complexity index is 148. The van der Waals surface area contributed by atoms with Gasteiger partial charge < -0.3 is 4.74 Å². The molecule has 0 aliphatic heterocycles. The minimum atomic E-state index is -0.317. The molecule has 0 aliphatic carbocycles. The summed E-state index contributed by atoms with van der Waals surface area (Å²) in [6.07, 6.45) is 0.769. The van der Waals surface area contributed by atoms with Crippen LogP contribution in [0.15, 0.2) is 0 Å². The highest BCUT2D eigenvalue weighted by Gasteiger charge is 2.07. The Kier molecular flexibility index (Phi) is 4.30. The van der Waals surface area contributed by atoms with Crippen LogP contribution in [0.3, 0.4) is 0 Å². The van der Waals surface area contributed by atoms with Crippen molar-refractivity contribution in [2.24, 2.45) is 0 Å². The van der Waals surface area contributed by atoms with Crippen LogP contribution in [0, 0.1) is 11.3 Å². The van der Waals surface area contributed by atoms with Crippen LogP contribution in [0.2, 0.25) is 0 Å². The zero-order valence-corrected chi connectivity index (χ0v) is 6.26. The van der Waals surface area contributed by atoms with Gasteiger partial charge in [-0.2, -0.15) is 5.26 Å². The van der Waals surface area contributed by atoms with Gasteiger partial charge in [0.1, 0.15) is 6.10 Å². The molecule has 3 nitrogen and oxygen atoms in total. The van der Waals surface area contributed by atoms with E-state index < -0.39 is 0 Å². The maximum atomic E-state index is 10.4. The average molecular weight is 141 g/mol. The van der Waals surface area contributed by atoms with E-state index in [0.29, 0.717) is 6.42 Å². The average Bonchev–Trinajstić information content (AvgIpc) is 1.86. The summed E-state index contributed by atoms with van der Waals surface area (Å²) >= 11 is 0. The second-order valence-electron chi connectivity index (χ2n) is 2.00. The summed E-state index contributed by atoms with van der Waals surface area (Å²) in [6.45, 7) is 3.23. The molecule has 0 heterocycles. The molecule has 0 aromatic rings. The Hall–Kier alpha value is -1.04. The first kappa shape index (κ1) is 8.96. The molecule has 0 N–H and O–H groups in total. The fourth-order valence-corrected chi connectivity index (χ4v) is 0.606. The second-order valence-corrected chi connectivity index (χ2v) is 2.00. The maximum Gasteiger partial charge on any atom is 0.302 e. The van der Waals surface area contributed by atoms with Crippen molar-refractivity contribution in [1.82, 2.24) is 0 Å². The van der Waals surface area contributed by atoms with Crippen LogP contribution in [0.1, 0.15) is 26.7 Å². The third-order valence-corrected chi connectivity index (χ3v) is 1.11. The summed E-state index contributed by atoms with van der Waals surface area (Å²) in [7, 11) is 0. The Labute approximate surface area is 60.6 Å². The lowest BCUT2D eigenvalue weighted by atomic mass is 10.2. The molecule has 0 bridgehead atoms. The van der Waals surface area contributed by atoms with Gasteiger partial charge in [-0.3, -0.25) is 4.79 Å². The van der Waals surface area contributed by atoms with Gasteiger partial charge in [0.05, 0.1) is 12.5 Å². The monoisotopic (exact) mass is 141 g/mol. The molecule has 0 amide bonds. The van der Waals surface area contributed by atoms with Crippen LogP contribution in [0.4, 0.5) is 0 Å². The van der Waals surface area contributed by atoms with E-state index in [-0.39, 0.29) is 18.5 Å². The van der Waals surface area contributed by atoms with Crippen molar-refractivity contribution in [3.63, 3.8) is 0 Å². The molecule has 0 aromatic heterocycles. The molecule has 0 radical (unpaired) electrons. The van der Waals surface area contributed by atoms with Crippen molar-refractivity contribution in [3.05, 3.63) is 0 Å². The molecule has 56 valence electrons. The number of esters is 1. The highest BCUT2D eigenvalue weighted by Crippen LogP contribution is 2.01. The van der Waals surface area contributed by atoms with Crippen molar-refractivity contribution in [3.8, 4) is 6.07 Å². The minimum absolute atomic E-state index is 0.220. The molecule has 10 heavy (non-hydrogen) atoms. The molecule has 0 saturated carbocycles. The number of hydrogen-bond acceptors (Lipinski definition) is 3. The van der Waals surface area contributed by atoms with Gasteiger partial charge in [-0.15, -0.1) is 0 Å². The van der Waals surface area contributed by atoms with E-state index in [0.717, 1.165) is 0 Å². The fourth-order valence-electron chi connectivity index (χ4n) is 0.606. The molecule has 3 heteroatoms. The van der Waals surface area contributed by atoms with Crippen LogP contribution in [-0.2, 0) is 9.53 Å². The summed E-state index contributed by atoms with van der Waals surface area (Å²) in [6, 6.07) is 1.95. The molecule has 0 rings (SSSR count). The standard InChI is InChI=1S/C7H11NO2/c1-3-7(4-5-8)10-6(2)9/h7H,3-4H2,1-2H3/t7-/m0/s1. The zero-order valence-electron chi connectivity index (χ0n) is 6.26. The van der Waals surface area contributed by atoms with E-state index >= 15 is 0 Å². The summed E-state index contributed by atoms with van der Waals surface area (Å²) in [5, 5.41) is 8.24. The molecule has 0 spiro atoms. The van der Waals surface area contributed by atoms with Gasteiger partial charge >= 0.3 is 5.97 Å². The van der Waals surface area contributed by atoms with E-state index in [1.165, 1.54) is 6.92 Å². The van der Waals surface area contributed by atoms with Crippen LogP contribution in [-0.4, -0.2) is 12.1 Å². The summed E-state index contributed by atoms with van der Waals surface area (Å²) in [4.78, 5) is 10.4. The van der Waals surface area contributed by atoms with Gasteiger partial charge in [0.25, 0.3) is 0 Å². The van der Waals surface area contributed by atoms with Gasteiger partial charge in [0.15, 0.2) is 0 Å². The lowest BCUT2D eigenvalue weighted by Crippen LogP contribution is -2.14. The van der Waals surface area contributed by atoms with Crippen molar-refractivity contribution in [1.29, 1.82) is 5.26 Å². The zero-order chi connectivity index (χ0) is 7.98. The van der Waals surface area contributed by atoms with Crippen LogP contribution >= 0.6 is 0 Å². The van der Waals surface area contributed by atoms with Crippen molar-refractivity contribution in [2.75, 3.05) is 0 Å². The Balaban J connectivity index is 3.62. The molecular formula is C7H11NO2. The normalized spacial score (nSPS) is 11.7. The van der Waals surface area contributed by atoms with E-state index in [9.17, 15) is 4.79 Å². The maximum absolute atomic E-state index is 10.4. The number of rotatable bonds is 3. The van der Waals surface area contributed by atoms with E-state index in [1.54, 1.807) is 0 Å². The van der Waals surface area contributed by atoms with Gasteiger partial charge in [0.2, 0.25) is 0 Å². The molecule has 0 aliphatic rings. The van der Waals surface area contributed by atoms with Crippen LogP contribution < -0.4 is 0 Å². The largest absolute Gasteiger partial charge is 0.461 e. The van der Waals surface area contributed by atoms with E-state index in [1.807, 2.05) is 13.0 Å². The summed E-state index contributed by atoms with van der Waals surface area (Å²) in [5.74, 6) is -0.317. The lowest BCUT2D eigenvalue weighted by molar-refractivity contribution is -0.146. The number of hydrogen-bond donors (Lipinski definition) is 0. The minimum Gasteiger partial charge on any atom is -0.461 e. The molecule has 0 aromatic carbocycles. The Morgan fingerprint density at radius 2 is 2.40 bits per heavy atom.